The van der Waals surface area contributed by atoms with Gasteiger partial charge in [-0.1, -0.05) is 12.1 Å². The zero-order valence-corrected chi connectivity index (χ0v) is 16.0. The molecular formula is C18H13BrN4O2S. The molecule has 3 heterocycles. The third kappa shape index (κ3) is 2.57. The van der Waals surface area contributed by atoms with Crippen molar-refractivity contribution >= 4 is 27.3 Å². The molecule has 3 aromatic rings. The van der Waals surface area contributed by atoms with Crippen molar-refractivity contribution in [3.05, 3.63) is 62.8 Å². The van der Waals surface area contributed by atoms with E-state index in [1.54, 1.807) is 18.4 Å². The fourth-order valence-electron chi connectivity index (χ4n) is 3.05. The quantitative estimate of drug-likeness (QED) is 0.653. The number of aromatic amines is 1. The van der Waals surface area contributed by atoms with Gasteiger partial charge in [0.05, 0.1) is 33.6 Å². The van der Waals surface area contributed by atoms with Crippen molar-refractivity contribution in [3.63, 3.8) is 0 Å². The van der Waals surface area contributed by atoms with Gasteiger partial charge in [-0.2, -0.15) is 5.26 Å². The van der Waals surface area contributed by atoms with Crippen LogP contribution in [0.4, 0.5) is 0 Å². The fourth-order valence-corrected chi connectivity index (χ4v) is 4.34. The molecule has 8 heteroatoms. The van der Waals surface area contributed by atoms with Crippen LogP contribution < -0.4 is 15.2 Å². The Hall–Kier alpha value is -2.76. The number of halogens is 1. The van der Waals surface area contributed by atoms with Gasteiger partial charge in [0.15, 0.2) is 0 Å². The minimum Gasteiger partial charge on any atom is -0.496 e. The van der Waals surface area contributed by atoms with E-state index in [-0.39, 0.29) is 11.8 Å². The number of hydrogen-bond donors (Lipinski definition) is 2. The van der Waals surface area contributed by atoms with Crippen LogP contribution in [-0.4, -0.2) is 17.3 Å². The lowest BCUT2D eigenvalue weighted by Crippen LogP contribution is -2.21. The average Bonchev–Trinajstić information content (AvgIpc) is 3.29. The molecule has 1 aliphatic heterocycles. The van der Waals surface area contributed by atoms with Gasteiger partial charge in [-0.25, -0.2) is 0 Å². The number of rotatable bonds is 3. The van der Waals surface area contributed by atoms with Gasteiger partial charge in [-0.15, -0.1) is 16.4 Å². The minimum absolute atomic E-state index is 0.0705. The van der Waals surface area contributed by atoms with Crippen molar-refractivity contribution in [1.82, 2.24) is 10.2 Å². The first-order valence-corrected chi connectivity index (χ1v) is 9.34. The standard InChI is InChI=1S/C18H13BrN4O2S/c1-24-12-5-4-9(7-11(12)19)14-10(8-20)17(21)25-18-15(14)16(22-23-18)13-3-2-6-26-13/h2-7,14H,21H2,1H3,(H,22,23). The van der Waals surface area contributed by atoms with Crippen molar-refractivity contribution in [2.75, 3.05) is 7.11 Å². The van der Waals surface area contributed by atoms with Gasteiger partial charge < -0.3 is 15.2 Å². The van der Waals surface area contributed by atoms with Crippen LogP contribution in [0.2, 0.25) is 0 Å². The van der Waals surface area contributed by atoms with E-state index in [9.17, 15) is 5.26 Å². The van der Waals surface area contributed by atoms with Crippen molar-refractivity contribution in [3.8, 4) is 28.3 Å². The Morgan fingerprint density at radius 1 is 1.42 bits per heavy atom. The molecule has 1 aliphatic rings. The van der Waals surface area contributed by atoms with E-state index in [1.807, 2.05) is 35.7 Å². The Kier molecular flexibility index (Phi) is 4.18. The number of H-pyrrole nitrogens is 1. The Bertz CT molecular complexity index is 1050. The highest BCUT2D eigenvalue weighted by Gasteiger charge is 2.36. The minimum atomic E-state index is -0.387. The summed E-state index contributed by atoms with van der Waals surface area (Å²) in [4.78, 5) is 1.01. The van der Waals surface area contributed by atoms with E-state index in [0.29, 0.717) is 17.2 Å². The Morgan fingerprint density at radius 3 is 2.92 bits per heavy atom. The molecule has 0 aliphatic carbocycles. The van der Waals surface area contributed by atoms with Crippen LogP contribution in [0, 0.1) is 11.3 Å². The van der Waals surface area contributed by atoms with Crippen molar-refractivity contribution in [2.45, 2.75) is 5.92 Å². The van der Waals surface area contributed by atoms with Crippen LogP contribution in [0.15, 0.2) is 51.6 Å². The first-order valence-electron chi connectivity index (χ1n) is 7.67. The molecule has 0 spiro atoms. The molecule has 3 N–H and O–H groups in total. The summed E-state index contributed by atoms with van der Waals surface area (Å²) >= 11 is 5.09. The highest BCUT2D eigenvalue weighted by molar-refractivity contribution is 9.10. The second-order valence-electron chi connectivity index (χ2n) is 5.61. The Morgan fingerprint density at radius 2 is 2.27 bits per heavy atom. The molecule has 1 aromatic carbocycles. The average molecular weight is 429 g/mol. The van der Waals surface area contributed by atoms with E-state index < -0.39 is 0 Å². The molecule has 0 saturated heterocycles. The molecule has 130 valence electrons. The van der Waals surface area contributed by atoms with Crippen LogP contribution in [0.3, 0.4) is 0 Å². The van der Waals surface area contributed by atoms with E-state index in [4.69, 9.17) is 15.2 Å². The molecular weight excluding hydrogens is 416 g/mol. The Balaban J connectivity index is 1.94. The van der Waals surface area contributed by atoms with Gasteiger partial charge in [0.2, 0.25) is 11.8 Å². The van der Waals surface area contributed by atoms with Gasteiger partial charge in [0.1, 0.15) is 17.4 Å². The lowest BCUT2D eigenvalue weighted by Gasteiger charge is -2.24. The fraction of sp³-hybridized carbons (Fsp3) is 0.111. The van der Waals surface area contributed by atoms with E-state index in [1.165, 1.54) is 0 Å². The normalized spacial score (nSPS) is 16.0. The van der Waals surface area contributed by atoms with Crippen molar-refractivity contribution in [1.29, 1.82) is 5.26 Å². The third-order valence-corrected chi connectivity index (χ3v) is 5.72. The first-order chi connectivity index (χ1) is 12.6. The molecule has 0 amide bonds. The van der Waals surface area contributed by atoms with Crippen LogP contribution in [0.5, 0.6) is 11.6 Å². The van der Waals surface area contributed by atoms with Crippen molar-refractivity contribution < 1.29 is 9.47 Å². The first kappa shape index (κ1) is 16.7. The summed E-state index contributed by atoms with van der Waals surface area (Å²) in [6, 6.07) is 11.8. The maximum absolute atomic E-state index is 9.72. The Labute approximate surface area is 162 Å². The predicted octanol–water partition coefficient (Wildman–Crippen LogP) is 4.13. The van der Waals surface area contributed by atoms with Gasteiger partial charge in [-0.05, 0) is 45.1 Å². The summed E-state index contributed by atoms with van der Waals surface area (Å²) in [5.41, 5.74) is 8.87. The van der Waals surface area contributed by atoms with Gasteiger partial charge in [-0.3, -0.25) is 5.10 Å². The molecule has 0 fully saturated rings. The summed E-state index contributed by atoms with van der Waals surface area (Å²) < 4.78 is 11.7. The molecule has 26 heavy (non-hydrogen) atoms. The summed E-state index contributed by atoms with van der Waals surface area (Å²) in [6.07, 6.45) is 0. The van der Waals surface area contributed by atoms with Crippen LogP contribution in [-0.2, 0) is 0 Å². The number of benzene rings is 1. The second-order valence-corrected chi connectivity index (χ2v) is 7.42. The number of fused-ring (bicyclic) bond motifs is 1. The van der Waals surface area contributed by atoms with Crippen LogP contribution >= 0.6 is 27.3 Å². The maximum Gasteiger partial charge on any atom is 0.244 e. The van der Waals surface area contributed by atoms with Crippen molar-refractivity contribution in [2.24, 2.45) is 5.73 Å². The lowest BCUT2D eigenvalue weighted by atomic mass is 9.84. The topological polar surface area (TPSA) is 96.9 Å². The number of nitrogens with two attached hydrogens (primary N) is 1. The largest absolute Gasteiger partial charge is 0.496 e. The lowest BCUT2D eigenvalue weighted by molar-refractivity contribution is 0.379. The molecule has 2 aromatic heterocycles. The van der Waals surface area contributed by atoms with E-state index in [0.717, 1.165) is 26.2 Å². The number of nitriles is 1. The predicted molar refractivity (Wildman–Crippen MR) is 102 cm³/mol. The number of hydrogen-bond acceptors (Lipinski definition) is 6. The zero-order valence-electron chi connectivity index (χ0n) is 13.6. The maximum atomic E-state index is 9.72. The molecule has 6 nitrogen and oxygen atoms in total. The monoisotopic (exact) mass is 428 g/mol. The van der Waals surface area contributed by atoms with Gasteiger partial charge >= 0.3 is 0 Å². The molecule has 1 unspecified atom stereocenters. The zero-order chi connectivity index (χ0) is 18.3. The molecule has 4 rings (SSSR count). The van der Waals surface area contributed by atoms with Gasteiger partial charge in [0, 0.05) is 0 Å². The number of aromatic nitrogens is 2. The summed E-state index contributed by atoms with van der Waals surface area (Å²) in [5.74, 6) is 0.784. The highest BCUT2D eigenvalue weighted by atomic mass is 79.9. The van der Waals surface area contributed by atoms with Crippen LogP contribution in [0.25, 0.3) is 10.6 Å². The summed E-state index contributed by atoms with van der Waals surface area (Å²) in [6.45, 7) is 0. The summed E-state index contributed by atoms with van der Waals surface area (Å²) in [5, 5.41) is 19.0. The summed E-state index contributed by atoms with van der Waals surface area (Å²) in [7, 11) is 1.61. The van der Waals surface area contributed by atoms with E-state index >= 15 is 0 Å². The molecule has 0 saturated carbocycles. The smallest absolute Gasteiger partial charge is 0.244 e. The number of ether oxygens (including phenoxy) is 2. The van der Waals surface area contributed by atoms with Gasteiger partial charge in [0.25, 0.3) is 0 Å². The number of nitrogens with zero attached hydrogens (tertiary/aromatic N) is 2. The highest BCUT2D eigenvalue weighted by Crippen LogP contribution is 2.47. The molecule has 0 radical (unpaired) electrons. The second kappa shape index (κ2) is 6.52. The molecule has 1 atom stereocenters. The van der Waals surface area contributed by atoms with E-state index in [2.05, 4.69) is 32.2 Å². The van der Waals surface area contributed by atoms with Crippen LogP contribution in [0.1, 0.15) is 17.0 Å². The third-order valence-electron chi connectivity index (χ3n) is 4.22. The number of methoxy groups -OCH3 is 1. The molecule has 0 bridgehead atoms. The number of thiophene rings is 1. The number of nitrogens with one attached hydrogen (secondary N) is 1. The number of allylic oxidation sites excluding steroid dienone is 1. The SMILES string of the molecule is COc1ccc(C2C(C#N)=C(N)Oc3n[nH]c(-c4cccs4)c32)cc1Br.